The Morgan fingerprint density at radius 1 is 1.05 bits per heavy atom. The zero-order chi connectivity index (χ0) is 14.1. The number of nitrogens with zero attached hydrogens (tertiary/aromatic N) is 1. The number of aliphatic hydroxyl groups excluding tert-OH is 1. The van der Waals surface area contributed by atoms with Crippen LogP contribution in [-0.4, -0.2) is 17.6 Å². The van der Waals surface area contributed by atoms with Crippen LogP contribution in [0.5, 0.6) is 0 Å². The molecule has 0 aliphatic carbocycles. The number of benzene rings is 2. The van der Waals surface area contributed by atoms with Gasteiger partial charge in [0.15, 0.2) is 0 Å². The zero-order valence-electron chi connectivity index (χ0n) is 10.8. The summed E-state index contributed by atoms with van der Waals surface area (Å²) in [4.78, 5) is 13.5. The lowest BCUT2D eigenvalue weighted by atomic mass is 9.99. The van der Waals surface area contributed by atoms with E-state index in [2.05, 4.69) is 0 Å². The van der Waals surface area contributed by atoms with Gasteiger partial charge in [-0.25, -0.2) is 0 Å². The third kappa shape index (κ3) is 1.91. The number of carbonyl (C=O) groups excluding carboxylic acids is 1. The fourth-order valence-corrected chi connectivity index (χ4v) is 2.42. The maximum Gasteiger partial charge on any atom is 0.250 e. The smallest absolute Gasteiger partial charge is 0.250 e. The molecule has 20 heavy (non-hydrogen) atoms. The molecule has 0 aromatic heterocycles. The molecule has 0 spiro atoms. The second-order valence-electron chi connectivity index (χ2n) is 4.63. The average Bonchev–Trinajstić information content (AvgIpc) is 2.48. The van der Waals surface area contributed by atoms with Crippen molar-refractivity contribution in [1.29, 1.82) is 0 Å². The van der Waals surface area contributed by atoms with Crippen LogP contribution in [0.15, 0.2) is 60.2 Å². The highest BCUT2D eigenvalue weighted by Gasteiger charge is 2.27. The Hall–Kier alpha value is -2.75. The maximum absolute atomic E-state index is 11.5. The zero-order valence-corrected chi connectivity index (χ0v) is 10.8. The van der Waals surface area contributed by atoms with Gasteiger partial charge in [-0.3, -0.25) is 4.79 Å². The van der Waals surface area contributed by atoms with Crippen molar-refractivity contribution in [3.8, 4) is 0 Å². The Labute approximate surface area is 116 Å². The van der Waals surface area contributed by atoms with E-state index >= 15 is 0 Å². The van der Waals surface area contributed by atoms with Crippen LogP contribution in [0.1, 0.15) is 5.56 Å². The number of hydrogen-bond donors (Lipinski definition) is 2. The van der Waals surface area contributed by atoms with E-state index in [1.807, 2.05) is 53.4 Å². The second-order valence-corrected chi connectivity index (χ2v) is 4.63. The molecule has 0 saturated carbocycles. The molecule has 4 nitrogen and oxygen atoms in total. The summed E-state index contributed by atoms with van der Waals surface area (Å²) in [6, 6.07) is 17.1. The summed E-state index contributed by atoms with van der Waals surface area (Å²) in [5.74, 6) is -0.627. The highest BCUT2D eigenvalue weighted by Crippen LogP contribution is 2.37. The third-order valence-corrected chi connectivity index (χ3v) is 3.42. The Morgan fingerprint density at radius 2 is 1.70 bits per heavy atom. The first-order chi connectivity index (χ1) is 9.68. The SMILES string of the molecule is NC(=O)C1=C(O)c2ccccc2N(c2ccccc2)C1. The minimum atomic E-state index is -0.599. The maximum atomic E-state index is 11.5. The number of primary amides is 1. The fourth-order valence-electron chi connectivity index (χ4n) is 2.42. The number of carbonyl (C=O) groups is 1. The molecule has 0 radical (unpaired) electrons. The Balaban J connectivity index is 2.18. The standard InChI is InChI=1S/C16H14N2O2/c17-16(20)13-10-18(11-6-2-1-3-7-11)14-9-5-4-8-12(14)15(13)19/h1-9,19H,10H2,(H2,17,20). The molecular formula is C16H14N2O2. The third-order valence-electron chi connectivity index (χ3n) is 3.42. The molecule has 0 bridgehead atoms. The lowest BCUT2D eigenvalue weighted by molar-refractivity contribution is -0.114. The minimum absolute atomic E-state index is 0.0275. The summed E-state index contributed by atoms with van der Waals surface area (Å²) < 4.78 is 0. The van der Waals surface area contributed by atoms with Gasteiger partial charge < -0.3 is 15.7 Å². The molecule has 1 heterocycles. The van der Waals surface area contributed by atoms with Gasteiger partial charge in [0.05, 0.1) is 17.8 Å². The molecular weight excluding hydrogens is 252 g/mol. The first kappa shape index (κ1) is 12.3. The van der Waals surface area contributed by atoms with E-state index in [1.165, 1.54) is 0 Å². The van der Waals surface area contributed by atoms with Gasteiger partial charge in [-0.15, -0.1) is 0 Å². The van der Waals surface area contributed by atoms with E-state index < -0.39 is 5.91 Å². The molecule has 1 aliphatic rings. The van der Waals surface area contributed by atoms with Gasteiger partial charge in [-0.05, 0) is 24.3 Å². The Bertz CT molecular complexity index is 693. The number of hydrogen-bond acceptors (Lipinski definition) is 3. The van der Waals surface area contributed by atoms with E-state index in [-0.39, 0.29) is 17.9 Å². The number of rotatable bonds is 2. The van der Waals surface area contributed by atoms with E-state index in [9.17, 15) is 9.90 Å². The van der Waals surface area contributed by atoms with Crippen LogP contribution in [0, 0.1) is 0 Å². The largest absolute Gasteiger partial charge is 0.507 e. The lowest BCUT2D eigenvalue weighted by Gasteiger charge is -2.31. The van der Waals surface area contributed by atoms with Gasteiger partial charge in [0.1, 0.15) is 5.76 Å². The average molecular weight is 266 g/mol. The van der Waals surface area contributed by atoms with Crippen molar-refractivity contribution in [3.63, 3.8) is 0 Å². The summed E-state index contributed by atoms with van der Waals surface area (Å²) in [7, 11) is 0. The van der Waals surface area contributed by atoms with Crippen LogP contribution in [0.25, 0.3) is 5.76 Å². The van der Waals surface area contributed by atoms with Crippen molar-refractivity contribution < 1.29 is 9.90 Å². The van der Waals surface area contributed by atoms with E-state index in [1.54, 1.807) is 6.07 Å². The van der Waals surface area contributed by atoms with Gasteiger partial charge in [0.2, 0.25) is 5.91 Å². The normalized spacial score (nSPS) is 14.1. The number of nitrogens with two attached hydrogens (primary N) is 1. The summed E-state index contributed by atoms with van der Waals surface area (Å²) in [5, 5.41) is 10.2. The Morgan fingerprint density at radius 3 is 2.40 bits per heavy atom. The van der Waals surface area contributed by atoms with Crippen molar-refractivity contribution >= 4 is 23.0 Å². The number of amides is 1. The number of fused-ring (bicyclic) bond motifs is 1. The molecule has 2 aromatic carbocycles. The molecule has 3 N–H and O–H groups in total. The van der Waals surface area contributed by atoms with E-state index in [4.69, 9.17) is 5.73 Å². The molecule has 0 saturated heterocycles. The molecule has 0 fully saturated rings. The van der Waals surface area contributed by atoms with Crippen molar-refractivity contribution in [2.45, 2.75) is 0 Å². The van der Waals surface area contributed by atoms with Gasteiger partial charge in [0, 0.05) is 11.3 Å². The lowest BCUT2D eigenvalue weighted by Crippen LogP contribution is -2.31. The number of anilines is 2. The number of aliphatic hydroxyl groups is 1. The van der Waals surface area contributed by atoms with Crippen molar-refractivity contribution in [3.05, 3.63) is 65.7 Å². The summed E-state index contributed by atoms with van der Waals surface area (Å²) in [6.07, 6.45) is 0. The molecule has 100 valence electrons. The number of para-hydroxylation sites is 2. The first-order valence-corrected chi connectivity index (χ1v) is 6.32. The topological polar surface area (TPSA) is 66.6 Å². The van der Waals surface area contributed by atoms with Crippen molar-refractivity contribution in [2.24, 2.45) is 5.73 Å². The summed E-state index contributed by atoms with van der Waals surface area (Å²) in [5.41, 5.74) is 8.03. The summed E-state index contributed by atoms with van der Waals surface area (Å²) in [6.45, 7) is 0.266. The predicted molar refractivity (Wildman–Crippen MR) is 78.6 cm³/mol. The fraction of sp³-hybridized carbons (Fsp3) is 0.0625. The van der Waals surface area contributed by atoms with Gasteiger partial charge in [-0.1, -0.05) is 30.3 Å². The molecule has 1 amide bonds. The molecule has 0 unspecified atom stereocenters. The predicted octanol–water partition coefficient (Wildman–Crippen LogP) is 2.59. The van der Waals surface area contributed by atoms with Crippen LogP contribution in [0.2, 0.25) is 0 Å². The van der Waals surface area contributed by atoms with E-state index in [0.29, 0.717) is 5.56 Å². The monoisotopic (exact) mass is 266 g/mol. The quantitative estimate of drug-likeness (QED) is 0.878. The molecule has 4 heteroatoms. The van der Waals surface area contributed by atoms with Gasteiger partial charge in [-0.2, -0.15) is 0 Å². The van der Waals surface area contributed by atoms with E-state index in [0.717, 1.165) is 11.4 Å². The summed E-state index contributed by atoms with van der Waals surface area (Å²) >= 11 is 0. The first-order valence-electron chi connectivity index (χ1n) is 6.32. The highest BCUT2D eigenvalue weighted by atomic mass is 16.3. The Kier molecular flexibility index (Phi) is 2.91. The minimum Gasteiger partial charge on any atom is -0.507 e. The van der Waals surface area contributed by atoms with Crippen LogP contribution < -0.4 is 10.6 Å². The van der Waals surface area contributed by atoms with Gasteiger partial charge in [0.25, 0.3) is 0 Å². The van der Waals surface area contributed by atoms with Crippen LogP contribution >= 0.6 is 0 Å². The molecule has 1 aliphatic heterocycles. The molecule has 3 rings (SSSR count). The van der Waals surface area contributed by atoms with Crippen LogP contribution in [0.3, 0.4) is 0 Å². The van der Waals surface area contributed by atoms with Crippen molar-refractivity contribution in [1.82, 2.24) is 0 Å². The van der Waals surface area contributed by atoms with Gasteiger partial charge >= 0.3 is 0 Å². The van der Waals surface area contributed by atoms with Crippen molar-refractivity contribution in [2.75, 3.05) is 11.4 Å². The molecule has 0 atom stereocenters. The van der Waals surface area contributed by atoms with Crippen LogP contribution in [0.4, 0.5) is 11.4 Å². The highest BCUT2D eigenvalue weighted by molar-refractivity contribution is 6.03. The second kappa shape index (κ2) is 4.74. The van der Waals surface area contributed by atoms with Crippen LogP contribution in [-0.2, 0) is 4.79 Å². The molecule has 2 aromatic rings.